The second-order valence-electron chi connectivity index (χ2n) is 5.14. The molecule has 0 aliphatic heterocycles. The molecule has 0 bridgehead atoms. The molecule has 0 aliphatic carbocycles. The minimum absolute atomic E-state index is 0.0252. The van der Waals surface area contributed by atoms with Crippen molar-refractivity contribution in [1.82, 2.24) is 4.72 Å². The first kappa shape index (κ1) is 20.1. The van der Waals surface area contributed by atoms with Gasteiger partial charge in [0.2, 0.25) is 15.9 Å². The third-order valence-corrected chi connectivity index (χ3v) is 6.23. The molecule has 134 valence electrons. The van der Waals surface area contributed by atoms with E-state index in [-0.39, 0.29) is 14.9 Å². The lowest BCUT2D eigenvalue weighted by molar-refractivity contribution is -0.117. The number of carbonyl (C=O) groups is 1. The Hall–Kier alpha value is -1.25. The van der Waals surface area contributed by atoms with Gasteiger partial charge in [0, 0.05) is 15.6 Å². The van der Waals surface area contributed by atoms with Crippen LogP contribution in [0.5, 0.6) is 0 Å². The summed E-state index contributed by atoms with van der Waals surface area (Å²) < 4.78 is 27.2. The average molecular weight is 419 g/mol. The van der Waals surface area contributed by atoms with E-state index in [1.54, 1.807) is 12.1 Å². The van der Waals surface area contributed by atoms with E-state index in [1.807, 2.05) is 18.4 Å². The van der Waals surface area contributed by atoms with Gasteiger partial charge in [0.15, 0.2) is 0 Å². The predicted octanol–water partition coefficient (Wildman–Crippen LogP) is 4.02. The summed E-state index contributed by atoms with van der Waals surface area (Å²) in [6, 6.07) is 10.4. The zero-order valence-electron chi connectivity index (χ0n) is 13.4. The molecule has 0 saturated heterocycles. The fourth-order valence-electron chi connectivity index (χ4n) is 1.98. The van der Waals surface area contributed by atoms with E-state index < -0.39 is 22.0 Å². The Labute approximate surface area is 161 Å². The monoisotopic (exact) mass is 418 g/mol. The van der Waals surface area contributed by atoms with Crippen LogP contribution in [0.1, 0.15) is 6.92 Å². The maximum atomic E-state index is 12.4. The minimum Gasteiger partial charge on any atom is -0.325 e. The SMILES string of the molecule is CSc1cccc(NC(=O)[C@@H](C)NS(=O)(=O)c2cc(Cl)ccc2Cl)c1. The van der Waals surface area contributed by atoms with Gasteiger partial charge in [-0.2, -0.15) is 4.72 Å². The Bertz CT molecular complexity index is 889. The molecule has 0 unspecified atom stereocenters. The van der Waals surface area contributed by atoms with Crippen molar-refractivity contribution in [3.05, 3.63) is 52.5 Å². The fourth-order valence-corrected chi connectivity index (χ4v) is 4.41. The highest BCUT2D eigenvalue weighted by atomic mass is 35.5. The number of carbonyl (C=O) groups excluding carboxylic acids is 1. The smallest absolute Gasteiger partial charge is 0.242 e. The van der Waals surface area contributed by atoms with Crippen molar-refractivity contribution in [2.24, 2.45) is 0 Å². The van der Waals surface area contributed by atoms with Gasteiger partial charge in [0.1, 0.15) is 4.90 Å². The molecular weight excluding hydrogens is 403 g/mol. The molecule has 2 aromatic carbocycles. The van der Waals surface area contributed by atoms with Gasteiger partial charge in [-0.15, -0.1) is 11.8 Å². The number of halogens is 2. The first-order chi connectivity index (χ1) is 11.7. The molecule has 0 saturated carbocycles. The van der Waals surface area contributed by atoms with E-state index in [9.17, 15) is 13.2 Å². The number of hydrogen-bond donors (Lipinski definition) is 2. The van der Waals surface area contributed by atoms with Crippen molar-refractivity contribution in [3.8, 4) is 0 Å². The number of benzene rings is 2. The Kier molecular flexibility index (Phi) is 6.76. The van der Waals surface area contributed by atoms with Crippen molar-refractivity contribution < 1.29 is 13.2 Å². The van der Waals surface area contributed by atoms with Crippen molar-refractivity contribution in [2.75, 3.05) is 11.6 Å². The molecular formula is C16H16Cl2N2O3S2. The summed E-state index contributed by atoms with van der Waals surface area (Å²) in [5.41, 5.74) is 0.587. The van der Waals surface area contributed by atoms with Crippen LogP contribution in [0.3, 0.4) is 0 Å². The maximum Gasteiger partial charge on any atom is 0.242 e. The van der Waals surface area contributed by atoms with Crippen LogP contribution in [0.15, 0.2) is 52.3 Å². The van der Waals surface area contributed by atoms with Gasteiger partial charge in [-0.3, -0.25) is 4.79 Å². The predicted molar refractivity (Wildman–Crippen MR) is 103 cm³/mol. The van der Waals surface area contributed by atoms with Gasteiger partial charge < -0.3 is 5.32 Å². The van der Waals surface area contributed by atoms with E-state index in [0.29, 0.717) is 5.69 Å². The molecule has 0 aliphatic rings. The Morgan fingerprint density at radius 2 is 1.88 bits per heavy atom. The van der Waals surface area contributed by atoms with E-state index >= 15 is 0 Å². The summed E-state index contributed by atoms with van der Waals surface area (Å²) in [4.78, 5) is 13.1. The molecule has 0 radical (unpaired) electrons. The summed E-state index contributed by atoms with van der Waals surface area (Å²) in [6.45, 7) is 1.45. The zero-order chi connectivity index (χ0) is 18.6. The van der Waals surface area contributed by atoms with Crippen LogP contribution < -0.4 is 10.0 Å². The number of anilines is 1. The second kappa shape index (κ2) is 8.42. The third-order valence-electron chi connectivity index (χ3n) is 3.25. The number of amides is 1. The molecule has 25 heavy (non-hydrogen) atoms. The molecule has 0 fully saturated rings. The lowest BCUT2D eigenvalue weighted by atomic mass is 10.3. The number of sulfonamides is 1. The van der Waals surface area contributed by atoms with Crippen molar-refractivity contribution in [1.29, 1.82) is 0 Å². The van der Waals surface area contributed by atoms with Gasteiger partial charge in [0.05, 0.1) is 11.1 Å². The van der Waals surface area contributed by atoms with Crippen LogP contribution in [0.25, 0.3) is 0 Å². The van der Waals surface area contributed by atoms with Crippen LogP contribution in [-0.2, 0) is 14.8 Å². The molecule has 2 aromatic rings. The van der Waals surface area contributed by atoms with Gasteiger partial charge >= 0.3 is 0 Å². The zero-order valence-corrected chi connectivity index (χ0v) is 16.6. The molecule has 0 heterocycles. The fraction of sp³-hybridized carbons (Fsp3) is 0.188. The van der Waals surface area contributed by atoms with Crippen LogP contribution >= 0.6 is 35.0 Å². The lowest BCUT2D eigenvalue weighted by Crippen LogP contribution is -2.41. The molecule has 2 N–H and O–H groups in total. The topological polar surface area (TPSA) is 75.3 Å². The maximum absolute atomic E-state index is 12.4. The first-order valence-electron chi connectivity index (χ1n) is 7.15. The second-order valence-corrected chi connectivity index (χ2v) is 8.54. The number of rotatable bonds is 6. The highest BCUT2D eigenvalue weighted by Gasteiger charge is 2.24. The van der Waals surface area contributed by atoms with Crippen LogP contribution in [0.2, 0.25) is 10.0 Å². The molecule has 1 amide bonds. The quantitative estimate of drug-likeness (QED) is 0.694. The molecule has 0 aromatic heterocycles. The van der Waals surface area contributed by atoms with E-state index in [1.165, 1.54) is 36.9 Å². The highest BCUT2D eigenvalue weighted by Crippen LogP contribution is 2.25. The summed E-state index contributed by atoms with van der Waals surface area (Å²) >= 11 is 13.3. The molecule has 5 nitrogen and oxygen atoms in total. The Morgan fingerprint density at radius 3 is 2.56 bits per heavy atom. The van der Waals surface area contributed by atoms with Crippen molar-refractivity contribution in [2.45, 2.75) is 22.8 Å². The van der Waals surface area contributed by atoms with Gasteiger partial charge in [0.25, 0.3) is 0 Å². The van der Waals surface area contributed by atoms with Crippen LogP contribution in [0.4, 0.5) is 5.69 Å². The first-order valence-corrected chi connectivity index (χ1v) is 10.6. The Morgan fingerprint density at radius 1 is 1.16 bits per heavy atom. The molecule has 0 spiro atoms. The van der Waals surface area contributed by atoms with Crippen LogP contribution in [0, 0.1) is 0 Å². The molecule has 9 heteroatoms. The van der Waals surface area contributed by atoms with Gasteiger partial charge in [-0.25, -0.2) is 8.42 Å². The third kappa shape index (κ3) is 5.36. The molecule has 2 rings (SSSR count). The van der Waals surface area contributed by atoms with Gasteiger partial charge in [-0.1, -0.05) is 29.3 Å². The number of thioether (sulfide) groups is 1. The summed E-state index contributed by atoms with van der Waals surface area (Å²) in [6.07, 6.45) is 1.92. The normalized spacial score (nSPS) is 12.6. The Balaban J connectivity index is 2.13. The summed E-state index contributed by atoms with van der Waals surface area (Å²) in [5, 5.41) is 2.94. The van der Waals surface area contributed by atoms with Gasteiger partial charge in [-0.05, 0) is 49.6 Å². The van der Waals surface area contributed by atoms with Crippen molar-refractivity contribution >= 4 is 56.6 Å². The van der Waals surface area contributed by atoms with E-state index in [2.05, 4.69) is 10.0 Å². The lowest BCUT2D eigenvalue weighted by Gasteiger charge is -2.15. The van der Waals surface area contributed by atoms with Crippen molar-refractivity contribution in [3.63, 3.8) is 0 Å². The minimum atomic E-state index is -3.99. The van der Waals surface area contributed by atoms with E-state index in [4.69, 9.17) is 23.2 Å². The number of nitrogens with one attached hydrogen (secondary N) is 2. The summed E-state index contributed by atoms with van der Waals surface area (Å²) in [5.74, 6) is -0.486. The van der Waals surface area contributed by atoms with E-state index in [0.717, 1.165) is 4.90 Å². The average Bonchev–Trinajstić information content (AvgIpc) is 2.56. The highest BCUT2D eigenvalue weighted by molar-refractivity contribution is 7.98. The summed E-state index contributed by atoms with van der Waals surface area (Å²) in [7, 11) is -3.99. The van der Waals surface area contributed by atoms with Crippen LogP contribution in [-0.4, -0.2) is 26.6 Å². The standard InChI is InChI=1S/C16H16Cl2N2O3S2/c1-10(16(21)19-12-4-3-5-13(9-12)24-2)20-25(22,23)15-8-11(17)6-7-14(15)18/h3-10,20H,1-2H3,(H,19,21)/t10-/m1/s1. The number of hydrogen-bond acceptors (Lipinski definition) is 4. The molecule has 1 atom stereocenters. The largest absolute Gasteiger partial charge is 0.325 e.